The lowest BCUT2D eigenvalue weighted by atomic mass is 9.98. The van der Waals surface area contributed by atoms with Gasteiger partial charge >= 0.3 is 5.97 Å². The number of hydrogen-bond acceptors (Lipinski definition) is 7. The molecule has 0 aliphatic carbocycles. The Bertz CT molecular complexity index is 1880. The molecule has 0 atom stereocenters. The van der Waals surface area contributed by atoms with E-state index < -0.39 is 0 Å². The number of aryl methyl sites for hydroxylation is 2. The number of morpholine rings is 1. The minimum absolute atomic E-state index is 0.270. The second-order valence-corrected chi connectivity index (χ2v) is 12.7. The van der Waals surface area contributed by atoms with E-state index in [9.17, 15) is 4.79 Å². The summed E-state index contributed by atoms with van der Waals surface area (Å²) in [5, 5.41) is 8.48. The predicted molar refractivity (Wildman–Crippen MR) is 188 cm³/mol. The number of aromatic nitrogens is 3. The maximum atomic E-state index is 13.8. The van der Waals surface area contributed by atoms with Crippen LogP contribution in [0.3, 0.4) is 0 Å². The van der Waals surface area contributed by atoms with E-state index >= 15 is 0 Å². The van der Waals surface area contributed by atoms with Crippen molar-refractivity contribution in [1.29, 1.82) is 0 Å². The summed E-state index contributed by atoms with van der Waals surface area (Å²) in [6, 6.07) is 20.9. The van der Waals surface area contributed by atoms with E-state index in [4.69, 9.17) is 24.0 Å². The van der Waals surface area contributed by atoms with Crippen LogP contribution in [0.2, 0.25) is 0 Å². The fraction of sp³-hybridized carbons (Fsp3) is 0.436. The molecule has 1 saturated heterocycles. The molecule has 0 radical (unpaired) electrons. The third kappa shape index (κ3) is 6.59. The van der Waals surface area contributed by atoms with Crippen LogP contribution in [0.5, 0.6) is 5.75 Å². The van der Waals surface area contributed by atoms with E-state index in [-0.39, 0.29) is 5.97 Å². The summed E-state index contributed by atoms with van der Waals surface area (Å²) in [5.74, 6) is 0.614. The Morgan fingerprint density at radius 2 is 1.71 bits per heavy atom. The van der Waals surface area contributed by atoms with E-state index in [0.717, 1.165) is 114 Å². The van der Waals surface area contributed by atoms with Crippen LogP contribution in [0.1, 0.15) is 53.6 Å². The highest BCUT2D eigenvalue weighted by molar-refractivity contribution is 6.05. The number of rotatable bonds is 10. The number of benzene rings is 3. The molecule has 5 aromatic rings. The Labute approximate surface area is 282 Å². The van der Waals surface area contributed by atoms with Crippen LogP contribution < -0.4 is 4.74 Å². The number of esters is 1. The van der Waals surface area contributed by atoms with Crippen LogP contribution in [-0.4, -0.2) is 77.9 Å². The molecule has 0 N–H and O–H groups in total. The van der Waals surface area contributed by atoms with Gasteiger partial charge in [0, 0.05) is 60.4 Å². The maximum Gasteiger partial charge on any atom is 0.355 e. The lowest BCUT2D eigenvalue weighted by Crippen LogP contribution is -2.38. The van der Waals surface area contributed by atoms with Gasteiger partial charge in [0.25, 0.3) is 0 Å². The van der Waals surface area contributed by atoms with E-state index in [1.807, 2.05) is 31.2 Å². The topological polar surface area (TPSA) is 80.0 Å². The van der Waals surface area contributed by atoms with E-state index in [1.165, 1.54) is 0 Å². The number of para-hydroxylation sites is 1. The summed E-state index contributed by atoms with van der Waals surface area (Å²) >= 11 is 0. The Hall–Kier alpha value is -4.18. The zero-order valence-corrected chi connectivity index (χ0v) is 28.2. The number of carbonyl (C=O) groups excluding carboxylic acids is 1. The molecule has 1 fully saturated rings. The number of carbonyl (C=O) groups is 1. The average molecular weight is 651 g/mol. The molecule has 0 saturated carbocycles. The van der Waals surface area contributed by atoms with Crippen LogP contribution >= 0.6 is 0 Å². The van der Waals surface area contributed by atoms with Gasteiger partial charge in [-0.15, -0.1) is 0 Å². The molecule has 4 heterocycles. The van der Waals surface area contributed by atoms with Gasteiger partial charge in [-0.25, -0.2) is 4.79 Å². The Kier molecular flexibility index (Phi) is 10.1. The van der Waals surface area contributed by atoms with Gasteiger partial charge in [0.1, 0.15) is 11.4 Å². The fourth-order valence-corrected chi connectivity index (χ4v) is 7.33. The van der Waals surface area contributed by atoms with Gasteiger partial charge in [-0.05, 0) is 56.5 Å². The summed E-state index contributed by atoms with van der Waals surface area (Å²) in [7, 11) is 0. The van der Waals surface area contributed by atoms with Crippen molar-refractivity contribution in [2.24, 2.45) is 0 Å². The van der Waals surface area contributed by atoms with Crippen molar-refractivity contribution in [3.63, 3.8) is 0 Å². The molecule has 9 nitrogen and oxygen atoms in total. The third-order valence-electron chi connectivity index (χ3n) is 9.67. The van der Waals surface area contributed by atoms with Crippen molar-refractivity contribution < 1.29 is 23.7 Å². The second kappa shape index (κ2) is 14.9. The predicted octanol–water partition coefficient (Wildman–Crippen LogP) is 6.80. The first-order chi connectivity index (χ1) is 23.6. The Balaban J connectivity index is 1.26. The SMILES string of the molecule is CCOC(=O)c1c(CCCOc2cccc3ccccc23)c2cccc3c2n1CCCCOCc1nn(CCN2CCOCC2)c(C)c1-3. The lowest BCUT2D eigenvalue weighted by molar-refractivity contribution is 0.0358. The summed E-state index contributed by atoms with van der Waals surface area (Å²) < 4.78 is 28.1. The first-order valence-electron chi connectivity index (χ1n) is 17.5. The smallest absolute Gasteiger partial charge is 0.355 e. The van der Waals surface area contributed by atoms with Gasteiger partial charge in [-0.2, -0.15) is 5.10 Å². The van der Waals surface area contributed by atoms with Crippen molar-refractivity contribution in [3.05, 3.63) is 83.3 Å². The molecule has 2 aromatic heterocycles. The minimum Gasteiger partial charge on any atom is -0.493 e. The molecule has 252 valence electrons. The zero-order chi connectivity index (χ0) is 32.9. The first kappa shape index (κ1) is 32.4. The van der Waals surface area contributed by atoms with Gasteiger partial charge in [0.05, 0.1) is 50.8 Å². The normalized spacial score (nSPS) is 15.7. The Morgan fingerprint density at radius 3 is 2.58 bits per heavy atom. The van der Waals surface area contributed by atoms with Crippen LogP contribution in [0.15, 0.2) is 60.7 Å². The zero-order valence-electron chi connectivity index (χ0n) is 28.2. The fourth-order valence-electron chi connectivity index (χ4n) is 7.33. The van der Waals surface area contributed by atoms with Gasteiger partial charge in [0.2, 0.25) is 0 Å². The number of nitrogens with zero attached hydrogens (tertiary/aromatic N) is 4. The van der Waals surface area contributed by atoms with Crippen LogP contribution in [0.25, 0.3) is 32.8 Å². The molecular formula is C39H46N4O5. The third-order valence-corrected chi connectivity index (χ3v) is 9.67. The molecule has 0 amide bonds. The number of hydrogen-bond donors (Lipinski definition) is 0. The first-order valence-corrected chi connectivity index (χ1v) is 17.5. The molecule has 7 rings (SSSR count). The lowest BCUT2D eigenvalue weighted by Gasteiger charge is -2.26. The quantitative estimate of drug-likeness (QED) is 0.122. The number of fused-ring (bicyclic) bond motifs is 3. The molecule has 3 aromatic carbocycles. The van der Waals surface area contributed by atoms with Gasteiger partial charge in [-0.3, -0.25) is 9.58 Å². The highest BCUT2D eigenvalue weighted by atomic mass is 16.5. The van der Waals surface area contributed by atoms with E-state index in [1.54, 1.807) is 0 Å². The van der Waals surface area contributed by atoms with Crippen LogP contribution in [0, 0.1) is 6.92 Å². The highest BCUT2D eigenvalue weighted by Crippen LogP contribution is 2.39. The summed E-state index contributed by atoms with van der Waals surface area (Å²) in [5.41, 5.74) is 7.01. The van der Waals surface area contributed by atoms with E-state index in [0.29, 0.717) is 45.1 Å². The molecule has 0 spiro atoms. The molecule has 0 bridgehead atoms. The maximum absolute atomic E-state index is 13.8. The van der Waals surface area contributed by atoms with Crippen molar-refractivity contribution >= 4 is 27.6 Å². The summed E-state index contributed by atoms with van der Waals surface area (Å²) in [4.78, 5) is 16.2. The average Bonchev–Trinajstić information content (AvgIpc) is 3.59. The van der Waals surface area contributed by atoms with Crippen molar-refractivity contribution in [3.8, 4) is 16.9 Å². The summed E-state index contributed by atoms with van der Waals surface area (Å²) in [6.07, 6.45) is 3.24. The second-order valence-electron chi connectivity index (χ2n) is 12.7. The van der Waals surface area contributed by atoms with Crippen molar-refractivity contribution in [1.82, 2.24) is 19.2 Å². The monoisotopic (exact) mass is 650 g/mol. The van der Waals surface area contributed by atoms with E-state index in [2.05, 4.69) is 57.5 Å². The molecular weight excluding hydrogens is 604 g/mol. The van der Waals surface area contributed by atoms with Crippen molar-refractivity contribution in [2.75, 3.05) is 52.7 Å². The van der Waals surface area contributed by atoms with Crippen LogP contribution in [-0.2, 0) is 40.3 Å². The van der Waals surface area contributed by atoms with Crippen molar-refractivity contribution in [2.45, 2.75) is 59.2 Å². The van der Waals surface area contributed by atoms with Gasteiger partial charge in [0.15, 0.2) is 0 Å². The number of ether oxygens (including phenoxy) is 4. The molecule has 9 heteroatoms. The standard InChI is InChI=1S/C39H46N4O5/c1-3-47-39(44)38-32(16-10-24-48-35-17-8-12-29-11-4-5-13-30(29)35)31-14-9-15-33-36-28(2)43(20-19-41-21-25-45-26-22-41)40-34(36)27-46-23-7-6-18-42(38)37(31)33/h4-5,8-9,11-15,17H,3,6-7,10,16,18-27H2,1-2H3. The largest absolute Gasteiger partial charge is 0.493 e. The minimum atomic E-state index is -0.270. The summed E-state index contributed by atoms with van der Waals surface area (Å²) in [6.45, 7) is 11.9. The van der Waals surface area contributed by atoms with Gasteiger partial charge in [-0.1, -0.05) is 54.6 Å². The molecule has 48 heavy (non-hydrogen) atoms. The molecule has 2 aliphatic rings. The molecule has 0 unspecified atom stereocenters. The van der Waals surface area contributed by atoms with Gasteiger partial charge < -0.3 is 23.5 Å². The van der Waals surface area contributed by atoms with Crippen LogP contribution in [0.4, 0.5) is 0 Å². The highest BCUT2D eigenvalue weighted by Gasteiger charge is 2.28. The Morgan fingerprint density at radius 1 is 0.896 bits per heavy atom. The molecule has 2 aliphatic heterocycles.